The van der Waals surface area contributed by atoms with Crippen LogP contribution in [0.3, 0.4) is 0 Å². The number of nitrogens with zero attached hydrogens (tertiary/aromatic N) is 2. The molecule has 1 aliphatic rings. The topological polar surface area (TPSA) is 74.8 Å². The maximum absolute atomic E-state index is 13.7. The Kier molecular flexibility index (Phi) is 6.03. The third-order valence-corrected chi connectivity index (χ3v) is 10.9. The first-order chi connectivity index (χ1) is 23.1. The van der Waals surface area contributed by atoms with Crippen LogP contribution < -0.4 is 0 Å². The highest BCUT2D eigenvalue weighted by Crippen LogP contribution is 2.49. The van der Waals surface area contributed by atoms with Crippen molar-refractivity contribution in [2.24, 2.45) is 0 Å². The maximum atomic E-state index is 13.7. The molecule has 6 nitrogen and oxygen atoms in total. The molecule has 48 heavy (non-hydrogen) atoms. The van der Waals surface area contributed by atoms with Crippen LogP contribution in [0.4, 0.5) is 0 Å². The lowest BCUT2D eigenvalue weighted by atomic mass is 9.81. The summed E-state index contributed by atoms with van der Waals surface area (Å²) < 4.78 is 0. The van der Waals surface area contributed by atoms with Gasteiger partial charge in [0.05, 0.1) is 11.9 Å². The summed E-state index contributed by atoms with van der Waals surface area (Å²) in [6, 6.07) is 23.8. The number of likely N-dealkylation sites (N-methyl/N-ethyl adjacent to an activating group) is 1. The van der Waals surface area contributed by atoms with Gasteiger partial charge in [-0.2, -0.15) is 12.6 Å². The van der Waals surface area contributed by atoms with E-state index >= 15 is 0 Å². The summed E-state index contributed by atoms with van der Waals surface area (Å²) in [7, 11) is 1.86. The molecule has 0 spiro atoms. The maximum Gasteiger partial charge on any atom is 0.261 e. The van der Waals surface area contributed by atoms with Gasteiger partial charge in [-0.05, 0) is 105 Å². The second-order valence-corrected chi connectivity index (χ2v) is 14.2. The van der Waals surface area contributed by atoms with Crippen LogP contribution in [0.2, 0.25) is 0 Å². The van der Waals surface area contributed by atoms with Gasteiger partial charge in [-0.3, -0.25) is 29.0 Å². The number of amides is 2. The molecule has 0 N–H and O–H groups in total. The van der Waals surface area contributed by atoms with Crippen LogP contribution in [0.5, 0.6) is 0 Å². The highest BCUT2D eigenvalue weighted by molar-refractivity contribution is 7.80. The smallest absolute Gasteiger partial charge is 0.261 e. The predicted molar refractivity (Wildman–Crippen MR) is 198 cm³/mol. The van der Waals surface area contributed by atoms with E-state index in [1.165, 1.54) is 4.90 Å². The van der Waals surface area contributed by atoms with Crippen LogP contribution in [0.1, 0.15) is 62.2 Å². The Morgan fingerprint density at radius 2 is 1.04 bits per heavy atom. The molecule has 0 aliphatic carbocycles. The molecule has 0 radical (unpaired) electrons. The van der Waals surface area contributed by atoms with Crippen molar-refractivity contribution in [3.63, 3.8) is 0 Å². The van der Waals surface area contributed by atoms with Crippen molar-refractivity contribution in [2.45, 2.75) is 32.2 Å². The Labute approximate surface area is 280 Å². The Morgan fingerprint density at radius 1 is 0.646 bits per heavy atom. The van der Waals surface area contributed by atoms with E-state index in [0.717, 1.165) is 76.3 Å². The average molecular weight is 647 g/mol. The number of thiol groups is 1. The van der Waals surface area contributed by atoms with Crippen LogP contribution in [0.25, 0.3) is 75.4 Å². The van der Waals surface area contributed by atoms with Gasteiger partial charge in [-0.15, -0.1) is 0 Å². The van der Waals surface area contributed by atoms with Gasteiger partial charge in [0, 0.05) is 39.1 Å². The first kappa shape index (κ1) is 29.1. The summed E-state index contributed by atoms with van der Waals surface area (Å²) in [4.78, 5) is 56.6. The van der Waals surface area contributed by atoms with Crippen molar-refractivity contribution >= 4 is 112 Å². The van der Waals surface area contributed by atoms with Gasteiger partial charge < -0.3 is 0 Å². The number of imide groups is 1. The van der Waals surface area contributed by atoms with Gasteiger partial charge in [0.2, 0.25) is 0 Å². The molecule has 0 bridgehead atoms. The average Bonchev–Trinajstić information content (AvgIpc) is 3.08. The first-order valence-corrected chi connectivity index (χ1v) is 16.7. The molecule has 1 heterocycles. The van der Waals surface area contributed by atoms with Crippen molar-refractivity contribution < 1.29 is 19.2 Å². The summed E-state index contributed by atoms with van der Waals surface area (Å²) in [5.74, 6) is -0.580. The van der Waals surface area contributed by atoms with Crippen molar-refractivity contribution in [3.8, 4) is 0 Å². The van der Waals surface area contributed by atoms with E-state index in [0.29, 0.717) is 27.6 Å². The molecule has 0 aromatic heterocycles. The van der Waals surface area contributed by atoms with Crippen LogP contribution in [-0.2, 0) is 0 Å². The summed E-state index contributed by atoms with van der Waals surface area (Å²) in [6.45, 7) is 5.83. The van der Waals surface area contributed by atoms with Crippen LogP contribution >= 0.6 is 12.6 Å². The number of hydrogen-bond donors (Lipinski definition) is 1. The van der Waals surface area contributed by atoms with E-state index in [1.54, 1.807) is 0 Å². The number of rotatable bonds is 6. The molecule has 0 saturated carbocycles. The number of aldehydes is 1. The molecule has 8 aromatic carbocycles. The quantitative estimate of drug-likeness (QED) is 0.0372. The fourth-order valence-electron chi connectivity index (χ4n) is 8.26. The fourth-order valence-corrected chi connectivity index (χ4v) is 8.34. The number of hydrogen-bond acceptors (Lipinski definition) is 6. The summed E-state index contributed by atoms with van der Waals surface area (Å²) in [5, 5.41) is 13.5. The predicted octanol–water partition coefficient (Wildman–Crippen LogP) is 8.84. The second kappa shape index (κ2) is 9.95. The van der Waals surface area contributed by atoms with Crippen LogP contribution in [0.15, 0.2) is 72.8 Å². The molecule has 2 amide bonds. The Balaban J connectivity index is 1.40. The van der Waals surface area contributed by atoms with Gasteiger partial charge in [-0.1, -0.05) is 60.7 Å². The Morgan fingerprint density at radius 3 is 1.48 bits per heavy atom. The minimum Gasteiger partial charge on any atom is -0.298 e. The molecular weight excluding hydrogens is 617 g/mol. The molecule has 0 saturated heterocycles. The zero-order valence-electron chi connectivity index (χ0n) is 26.8. The van der Waals surface area contributed by atoms with Crippen molar-refractivity contribution in [1.82, 2.24) is 9.80 Å². The standard InChI is InChI=1S/C41H30N2O4S/c1-19(2)43-40(46)31-15-12-28-26-9-7-24-22-6-5-21(18-44)34-30(33(45)17-42(4)20(3)48)14-11-23(35(22)34)25-8-10-27(37(26)36(24)25)29-13-16-32(41(43)47)39(31)38(28)29/h5-16,18-20,48H,17H2,1-4H3. The number of carbonyl (C=O) groups is 4. The molecule has 1 atom stereocenters. The van der Waals surface area contributed by atoms with Gasteiger partial charge in [0.15, 0.2) is 12.1 Å². The third kappa shape index (κ3) is 3.58. The highest BCUT2D eigenvalue weighted by atomic mass is 32.1. The van der Waals surface area contributed by atoms with E-state index in [2.05, 4.69) is 36.9 Å². The molecule has 1 unspecified atom stereocenters. The summed E-state index contributed by atoms with van der Waals surface area (Å²) in [6.07, 6.45) is 0.838. The van der Waals surface area contributed by atoms with Gasteiger partial charge >= 0.3 is 0 Å². The van der Waals surface area contributed by atoms with E-state index < -0.39 is 0 Å². The van der Waals surface area contributed by atoms with Crippen LogP contribution in [-0.4, -0.2) is 58.7 Å². The SMILES string of the molecule is CC(S)N(C)CC(=O)c1ccc2c3ccc4c5ccc6c7c(ccc(c8ccc(c9ccc(C=O)c1c92)c3c84)c75)C(=O)N(C(C)C)C6=O. The third-order valence-electron chi connectivity index (χ3n) is 10.5. The minimum absolute atomic E-state index is 0.0636. The molecule has 0 fully saturated rings. The summed E-state index contributed by atoms with van der Waals surface area (Å²) in [5.41, 5.74) is 2.13. The number of fused-ring (bicyclic) bond motifs is 4. The molecule has 9 rings (SSSR count). The number of Topliss-reactive ketones (excluding diaryl/α,β-unsaturated/α-hetero) is 1. The zero-order chi connectivity index (χ0) is 33.3. The van der Waals surface area contributed by atoms with E-state index in [1.807, 2.05) is 81.2 Å². The molecule has 7 heteroatoms. The summed E-state index contributed by atoms with van der Waals surface area (Å²) >= 11 is 4.49. The monoisotopic (exact) mass is 646 g/mol. The largest absolute Gasteiger partial charge is 0.298 e. The second-order valence-electron chi connectivity index (χ2n) is 13.4. The molecular formula is C41H30N2O4S. The minimum atomic E-state index is -0.258. The lowest BCUT2D eigenvalue weighted by molar-refractivity contribution is 0.0563. The van der Waals surface area contributed by atoms with Gasteiger partial charge in [0.1, 0.15) is 0 Å². The zero-order valence-corrected chi connectivity index (χ0v) is 27.7. The van der Waals surface area contributed by atoms with Crippen molar-refractivity contribution in [2.75, 3.05) is 13.6 Å². The lowest BCUT2D eigenvalue weighted by Gasteiger charge is -2.31. The van der Waals surface area contributed by atoms with E-state index in [-0.39, 0.29) is 35.6 Å². The number of ketones is 1. The number of carbonyl (C=O) groups excluding carboxylic acids is 4. The van der Waals surface area contributed by atoms with Gasteiger partial charge in [-0.25, -0.2) is 0 Å². The van der Waals surface area contributed by atoms with Crippen molar-refractivity contribution in [1.29, 1.82) is 0 Å². The number of benzene rings is 8. The van der Waals surface area contributed by atoms with Crippen LogP contribution in [0, 0.1) is 0 Å². The van der Waals surface area contributed by atoms with Gasteiger partial charge in [0.25, 0.3) is 11.8 Å². The van der Waals surface area contributed by atoms with E-state index in [9.17, 15) is 19.2 Å². The highest BCUT2D eigenvalue weighted by Gasteiger charge is 2.35. The fraction of sp³-hybridized carbons (Fsp3) is 0.171. The first-order valence-electron chi connectivity index (χ1n) is 16.2. The lowest BCUT2D eigenvalue weighted by Crippen LogP contribution is -2.44. The molecule has 8 aromatic rings. The Bertz CT molecular complexity index is 2640. The van der Waals surface area contributed by atoms with Crippen molar-refractivity contribution in [3.05, 3.63) is 95.1 Å². The Hall–Kier alpha value is -5.11. The molecule has 1 aliphatic heterocycles. The van der Waals surface area contributed by atoms with E-state index in [4.69, 9.17) is 0 Å². The normalized spacial score (nSPS) is 14.5. The molecule has 234 valence electrons.